The first-order valence-corrected chi connectivity index (χ1v) is 7.87. The standard InChI is InChI=1S/C14H24N2O2S/c1-4-16-11-12(2)13(15-14(16)17)19-10-8-6-5-7-9-18-3/h11H,4-10H2,1-3H3. The molecule has 0 fully saturated rings. The van der Waals surface area contributed by atoms with Crippen molar-refractivity contribution in [2.45, 2.75) is 51.1 Å². The van der Waals surface area contributed by atoms with Gasteiger partial charge in [-0.1, -0.05) is 12.8 Å². The van der Waals surface area contributed by atoms with Crippen LogP contribution in [0.15, 0.2) is 16.0 Å². The molecule has 1 heterocycles. The fraction of sp³-hybridized carbons (Fsp3) is 0.714. The average Bonchev–Trinajstić information content (AvgIpc) is 2.41. The molecule has 0 aliphatic carbocycles. The second-order valence-corrected chi connectivity index (χ2v) is 5.64. The summed E-state index contributed by atoms with van der Waals surface area (Å²) in [4.78, 5) is 15.8. The van der Waals surface area contributed by atoms with Crippen molar-refractivity contribution < 1.29 is 4.74 Å². The predicted molar refractivity (Wildman–Crippen MR) is 80.0 cm³/mol. The number of hydrogen-bond acceptors (Lipinski definition) is 4. The molecule has 108 valence electrons. The lowest BCUT2D eigenvalue weighted by atomic mass is 10.2. The van der Waals surface area contributed by atoms with Crippen LogP contribution in [0.5, 0.6) is 0 Å². The molecule has 0 spiro atoms. The van der Waals surface area contributed by atoms with Crippen LogP contribution >= 0.6 is 11.8 Å². The quantitative estimate of drug-likeness (QED) is 0.397. The van der Waals surface area contributed by atoms with Crippen molar-refractivity contribution in [1.29, 1.82) is 0 Å². The van der Waals surface area contributed by atoms with Crippen molar-refractivity contribution in [2.75, 3.05) is 19.5 Å². The third kappa shape index (κ3) is 5.78. The Morgan fingerprint density at radius 1 is 1.32 bits per heavy atom. The number of unbranched alkanes of at least 4 members (excludes halogenated alkanes) is 3. The Kier molecular flexibility index (Phi) is 7.82. The Morgan fingerprint density at radius 2 is 2.05 bits per heavy atom. The van der Waals surface area contributed by atoms with E-state index in [0.29, 0.717) is 6.54 Å². The lowest BCUT2D eigenvalue weighted by Crippen LogP contribution is -2.22. The van der Waals surface area contributed by atoms with E-state index < -0.39 is 0 Å². The van der Waals surface area contributed by atoms with Gasteiger partial charge in [-0.25, -0.2) is 4.79 Å². The number of aryl methyl sites for hydroxylation is 2. The zero-order valence-corrected chi connectivity index (χ0v) is 13.0. The van der Waals surface area contributed by atoms with Gasteiger partial charge in [0.05, 0.1) is 0 Å². The predicted octanol–water partition coefficient (Wildman–Crippen LogP) is 2.87. The fourth-order valence-corrected chi connectivity index (χ4v) is 2.79. The second kappa shape index (κ2) is 9.15. The number of hydrogen-bond donors (Lipinski definition) is 0. The monoisotopic (exact) mass is 284 g/mol. The molecule has 0 radical (unpaired) electrons. The summed E-state index contributed by atoms with van der Waals surface area (Å²) in [6.07, 6.45) is 6.60. The van der Waals surface area contributed by atoms with E-state index in [1.54, 1.807) is 23.4 Å². The third-order valence-corrected chi connectivity index (χ3v) is 4.13. The van der Waals surface area contributed by atoms with Gasteiger partial charge in [-0.15, -0.1) is 11.8 Å². The first kappa shape index (κ1) is 16.2. The molecular formula is C14H24N2O2S. The molecule has 0 saturated carbocycles. The van der Waals surface area contributed by atoms with Crippen molar-refractivity contribution in [3.63, 3.8) is 0 Å². The van der Waals surface area contributed by atoms with E-state index in [1.807, 2.05) is 20.0 Å². The van der Waals surface area contributed by atoms with Gasteiger partial charge < -0.3 is 4.74 Å². The minimum atomic E-state index is -0.143. The van der Waals surface area contributed by atoms with Crippen LogP contribution in [0.4, 0.5) is 0 Å². The summed E-state index contributed by atoms with van der Waals surface area (Å²) in [7, 11) is 1.74. The number of nitrogens with zero attached hydrogens (tertiary/aromatic N) is 2. The Bertz CT molecular complexity index is 432. The number of ether oxygens (including phenoxy) is 1. The minimum absolute atomic E-state index is 0.143. The average molecular weight is 284 g/mol. The number of methoxy groups -OCH3 is 1. The van der Waals surface area contributed by atoms with E-state index in [-0.39, 0.29) is 5.69 Å². The molecule has 0 unspecified atom stereocenters. The molecule has 0 N–H and O–H groups in total. The molecular weight excluding hydrogens is 260 g/mol. The lowest BCUT2D eigenvalue weighted by Gasteiger charge is -2.07. The smallest absolute Gasteiger partial charge is 0.348 e. The summed E-state index contributed by atoms with van der Waals surface area (Å²) in [5.74, 6) is 1.02. The van der Waals surface area contributed by atoms with Crippen molar-refractivity contribution in [3.8, 4) is 0 Å². The summed E-state index contributed by atoms with van der Waals surface area (Å²) < 4.78 is 6.66. The van der Waals surface area contributed by atoms with Crippen LogP contribution in [0.3, 0.4) is 0 Å². The van der Waals surface area contributed by atoms with Crippen LogP contribution in [-0.4, -0.2) is 29.0 Å². The van der Waals surface area contributed by atoms with E-state index in [2.05, 4.69) is 4.98 Å². The maximum absolute atomic E-state index is 11.7. The van der Waals surface area contributed by atoms with Crippen molar-refractivity contribution in [2.24, 2.45) is 0 Å². The number of aromatic nitrogens is 2. The summed E-state index contributed by atoms with van der Waals surface area (Å²) in [6.45, 7) is 5.50. The minimum Gasteiger partial charge on any atom is -0.385 e. The van der Waals surface area contributed by atoms with Gasteiger partial charge in [-0.05, 0) is 38.0 Å². The van der Waals surface area contributed by atoms with Gasteiger partial charge in [-0.3, -0.25) is 4.57 Å². The summed E-state index contributed by atoms with van der Waals surface area (Å²) in [5, 5.41) is 0.881. The molecule has 0 bridgehead atoms. The van der Waals surface area contributed by atoms with Gasteiger partial charge in [0.1, 0.15) is 5.03 Å². The van der Waals surface area contributed by atoms with Crippen LogP contribution < -0.4 is 5.69 Å². The summed E-state index contributed by atoms with van der Waals surface area (Å²) in [6, 6.07) is 0. The Labute approximate surface area is 119 Å². The van der Waals surface area contributed by atoms with Crippen molar-refractivity contribution in [1.82, 2.24) is 9.55 Å². The zero-order valence-electron chi connectivity index (χ0n) is 12.1. The third-order valence-electron chi connectivity index (χ3n) is 2.95. The second-order valence-electron chi connectivity index (χ2n) is 4.55. The highest BCUT2D eigenvalue weighted by Gasteiger charge is 2.04. The fourth-order valence-electron chi connectivity index (χ4n) is 1.83. The first-order valence-electron chi connectivity index (χ1n) is 6.88. The molecule has 1 aromatic rings. The van der Waals surface area contributed by atoms with Crippen molar-refractivity contribution in [3.05, 3.63) is 22.2 Å². The molecule has 0 aliphatic rings. The van der Waals surface area contributed by atoms with Gasteiger partial charge >= 0.3 is 5.69 Å². The maximum Gasteiger partial charge on any atom is 0.348 e. The molecule has 1 rings (SSSR count). The normalized spacial score (nSPS) is 10.9. The topological polar surface area (TPSA) is 44.1 Å². The van der Waals surface area contributed by atoms with Crippen LogP contribution in [0.1, 0.15) is 38.2 Å². The molecule has 0 aromatic carbocycles. The van der Waals surface area contributed by atoms with Crippen LogP contribution in [0, 0.1) is 6.92 Å². The highest BCUT2D eigenvalue weighted by atomic mass is 32.2. The van der Waals surface area contributed by atoms with Gasteiger partial charge in [0.15, 0.2) is 0 Å². The Hall–Kier alpha value is -0.810. The molecule has 1 aromatic heterocycles. The Balaban J connectivity index is 2.33. The van der Waals surface area contributed by atoms with Crippen LogP contribution in [-0.2, 0) is 11.3 Å². The SMILES string of the molecule is CCn1cc(C)c(SCCCCCCOC)nc1=O. The van der Waals surface area contributed by atoms with Gasteiger partial charge in [0, 0.05) is 26.5 Å². The number of thioether (sulfide) groups is 1. The van der Waals surface area contributed by atoms with Gasteiger partial charge in [0.2, 0.25) is 0 Å². The molecule has 0 atom stereocenters. The van der Waals surface area contributed by atoms with Gasteiger partial charge in [-0.2, -0.15) is 4.98 Å². The highest BCUT2D eigenvalue weighted by molar-refractivity contribution is 7.99. The molecule has 19 heavy (non-hydrogen) atoms. The zero-order chi connectivity index (χ0) is 14.1. The lowest BCUT2D eigenvalue weighted by molar-refractivity contribution is 0.192. The van der Waals surface area contributed by atoms with E-state index in [0.717, 1.165) is 35.8 Å². The van der Waals surface area contributed by atoms with E-state index >= 15 is 0 Å². The van der Waals surface area contributed by atoms with Crippen LogP contribution in [0.25, 0.3) is 0 Å². The molecule has 5 heteroatoms. The van der Waals surface area contributed by atoms with Crippen LogP contribution in [0.2, 0.25) is 0 Å². The first-order chi connectivity index (χ1) is 9.19. The molecule has 4 nitrogen and oxygen atoms in total. The van der Waals surface area contributed by atoms with E-state index in [9.17, 15) is 4.79 Å². The number of rotatable bonds is 9. The maximum atomic E-state index is 11.7. The molecule has 0 amide bonds. The molecule has 0 aliphatic heterocycles. The van der Waals surface area contributed by atoms with Crippen molar-refractivity contribution >= 4 is 11.8 Å². The molecule has 0 saturated heterocycles. The summed E-state index contributed by atoms with van der Waals surface area (Å²) >= 11 is 1.69. The highest BCUT2D eigenvalue weighted by Crippen LogP contribution is 2.19. The van der Waals surface area contributed by atoms with E-state index in [1.165, 1.54) is 12.8 Å². The van der Waals surface area contributed by atoms with E-state index in [4.69, 9.17) is 4.74 Å². The van der Waals surface area contributed by atoms with Gasteiger partial charge in [0.25, 0.3) is 0 Å². The Morgan fingerprint density at radius 3 is 2.74 bits per heavy atom. The largest absolute Gasteiger partial charge is 0.385 e. The summed E-state index contributed by atoms with van der Waals surface area (Å²) in [5.41, 5.74) is 0.946.